The second-order valence-corrected chi connectivity index (χ2v) is 6.40. The van der Waals surface area contributed by atoms with E-state index in [9.17, 15) is 0 Å². The zero-order valence-corrected chi connectivity index (χ0v) is 13.9. The lowest BCUT2D eigenvalue weighted by Crippen LogP contribution is -2.35. The van der Waals surface area contributed by atoms with Gasteiger partial charge in [0.1, 0.15) is 5.75 Å². The molecule has 1 aromatic carbocycles. The van der Waals surface area contributed by atoms with Crippen LogP contribution in [0.4, 0.5) is 0 Å². The molecule has 1 aromatic rings. The zero-order valence-electron chi connectivity index (χ0n) is 11.6. The highest BCUT2D eigenvalue weighted by Crippen LogP contribution is 2.35. The van der Waals surface area contributed by atoms with Crippen molar-refractivity contribution in [3.05, 3.63) is 26.7 Å². The van der Waals surface area contributed by atoms with Gasteiger partial charge in [0.15, 0.2) is 0 Å². The maximum atomic E-state index is 6.22. The first kappa shape index (κ1) is 15.1. The summed E-state index contributed by atoms with van der Waals surface area (Å²) in [6.45, 7) is 5.91. The molecule has 0 aromatic heterocycles. The van der Waals surface area contributed by atoms with Crippen LogP contribution < -0.4 is 10.1 Å². The van der Waals surface area contributed by atoms with Crippen LogP contribution in [0.2, 0.25) is 5.02 Å². The van der Waals surface area contributed by atoms with Crippen molar-refractivity contribution in [2.75, 3.05) is 13.2 Å². The van der Waals surface area contributed by atoms with Crippen LogP contribution in [0.3, 0.4) is 0 Å². The molecule has 1 aliphatic rings. The number of halogens is 2. The molecule has 19 heavy (non-hydrogen) atoms. The van der Waals surface area contributed by atoms with E-state index >= 15 is 0 Å². The third-order valence-corrected chi connectivity index (χ3v) is 5.27. The topological polar surface area (TPSA) is 21.3 Å². The molecule has 0 amide bonds. The fraction of sp³-hybridized carbons (Fsp3) is 0.600. The number of nitrogens with one attached hydrogen (secondary N) is 1. The van der Waals surface area contributed by atoms with Crippen LogP contribution in [0, 0.1) is 13.8 Å². The van der Waals surface area contributed by atoms with Gasteiger partial charge in [-0.05, 0) is 72.8 Å². The Balaban J connectivity index is 1.92. The molecule has 2 nitrogen and oxygen atoms in total. The minimum Gasteiger partial charge on any atom is -0.492 e. The van der Waals surface area contributed by atoms with Gasteiger partial charge in [-0.25, -0.2) is 0 Å². The lowest BCUT2D eigenvalue weighted by atomic mass is 10.0. The number of hydrogen-bond donors (Lipinski definition) is 1. The predicted octanol–water partition coefficient (Wildman–Crippen LogP) is 4.63. The van der Waals surface area contributed by atoms with Gasteiger partial charge >= 0.3 is 0 Å². The molecule has 0 aliphatic carbocycles. The van der Waals surface area contributed by atoms with Crippen molar-refractivity contribution < 1.29 is 4.74 Å². The Morgan fingerprint density at radius 1 is 1.42 bits per heavy atom. The second kappa shape index (κ2) is 6.96. The molecule has 0 radical (unpaired) electrons. The molecular weight excluding hydrogens is 326 g/mol. The minimum absolute atomic E-state index is 0.613. The summed E-state index contributed by atoms with van der Waals surface area (Å²) < 4.78 is 6.88. The molecule has 0 bridgehead atoms. The molecule has 1 aliphatic heterocycles. The van der Waals surface area contributed by atoms with Gasteiger partial charge in [0.2, 0.25) is 0 Å². The van der Waals surface area contributed by atoms with Crippen LogP contribution in [-0.2, 0) is 0 Å². The first-order valence-electron chi connectivity index (χ1n) is 6.91. The van der Waals surface area contributed by atoms with Crippen molar-refractivity contribution in [3.63, 3.8) is 0 Å². The summed E-state index contributed by atoms with van der Waals surface area (Å²) in [7, 11) is 0. The van der Waals surface area contributed by atoms with Crippen molar-refractivity contribution >= 4 is 27.5 Å². The Morgan fingerprint density at radius 2 is 2.21 bits per heavy atom. The van der Waals surface area contributed by atoms with Crippen LogP contribution in [-0.4, -0.2) is 19.2 Å². The third-order valence-electron chi connectivity index (χ3n) is 3.70. The number of aryl methyl sites for hydroxylation is 1. The zero-order chi connectivity index (χ0) is 13.8. The standard InChI is InChI=1S/C15H21BrClNO/c1-10-9-13(14(16)11(2)15(10)17)19-8-6-12-5-3-4-7-18-12/h9,12,18H,3-8H2,1-2H3/t12-/m0/s1. The lowest BCUT2D eigenvalue weighted by molar-refractivity contribution is 0.267. The first-order chi connectivity index (χ1) is 9.09. The summed E-state index contributed by atoms with van der Waals surface area (Å²) in [4.78, 5) is 0. The summed E-state index contributed by atoms with van der Waals surface area (Å²) in [6.07, 6.45) is 4.97. The highest BCUT2D eigenvalue weighted by atomic mass is 79.9. The summed E-state index contributed by atoms with van der Waals surface area (Å²) >= 11 is 9.78. The van der Waals surface area contributed by atoms with Gasteiger partial charge in [0.05, 0.1) is 11.1 Å². The SMILES string of the molecule is Cc1cc(OCC[C@@H]2CCCCN2)c(Br)c(C)c1Cl. The van der Waals surface area contributed by atoms with Crippen molar-refractivity contribution in [1.82, 2.24) is 5.32 Å². The normalized spacial score (nSPS) is 19.5. The van der Waals surface area contributed by atoms with E-state index in [1.54, 1.807) is 0 Å². The summed E-state index contributed by atoms with van der Waals surface area (Å²) in [5, 5.41) is 4.35. The van der Waals surface area contributed by atoms with E-state index in [-0.39, 0.29) is 0 Å². The molecule has 1 N–H and O–H groups in total. The van der Waals surface area contributed by atoms with Crippen molar-refractivity contribution in [3.8, 4) is 5.75 Å². The van der Waals surface area contributed by atoms with E-state index in [0.29, 0.717) is 6.04 Å². The Bertz CT molecular complexity index is 444. The highest BCUT2D eigenvalue weighted by molar-refractivity contribution is 9.10. The van der Waals surface area contributed by atoms with Crippen molar-refractivity contribution in [1.29, 1.82) is 0 Å². The summed E-state index contributed by atoms with van der Waals surface area (Å²) in [5.74, 6) is 0.898. The maximum absolute atomic E-state index is 6.22. The fourth-order valence-electron chi connectivity index (χ4n) is 2.49. The van der Waals surface area contributed by atoms with Gasteiger partial charge in [-0.15, -0.1) is 0 Å². The van der Waals surface area contributed by atoms with E-state index in [2.05, 4.69) is 21.2 Å². The number of hydrogen-bond acceptors (Lipinski definition) is 2. The molecule has 0 spiro atoms. The van der Waals surface area contributed by atoms with Gasteiger partial charge in [-0.3, -0.25) is 0 Å². The maximum Gasteiger partial charge on any atom is 0.134 e. The number of ether oxygens (including phenoxy) is 1. The molecule has 106 valence electrons. The number of piperidine rings is 1. The average molecular weight is 347 g/mol. The van der Waals surface area contributed by atoms with E-state index in [1.807, 2.05) is 19.9 Å². The molecular formula is C15H21BrClNO. The highest BCUT2D eigenvalue weighted by Gasteiger charge is 2.14. The smallest absolute Gasteiger partial charge is 0.134 e. The average Bonchev–Trinajstić information content (AvgIpc) is 2.43. The first-order valence-corrected chi connectivity index (χ1v) is 8.08. The second-order valence-electron chi connectivity index (χ2n) is 5.23. The molecule has 0 unspecified atom stereocenters. The molecule has 1 atom stereocenters. The van der Waals surface area contributed by atoms with Crippen LogP contribution >= 0.6 is 27.5 Å². The van der Waals surface area contributed by atoms with Crippen LogP contribution in [0.15, 0.2) is 10.5 Å². The van der Waals surface area contributed by atoms with Crippen LogP contribution in [0.25, 0.3) is 0 Å². The van der Waals surface area contributed by atoms with Gasteiger partial charge < -0.3 is 10.1 Å². The molecule has 1 saturated heterocycles. The van der Waals surface area contributed by atoms with Crippen LogP contribution in [0.5, 0.6) is 5.75 Å². The van der Waals surface area contributed by atoms with E-state index in [0.717, 1.165) is 45.9 Å². The van der Waals surface area contributed by atoms with Crippen molar-refractivity contribution in [2.45, 2.75) is 45.6 Å². The fourth-order valence-corrected chi connectivity index (χ4v) is 3.18. The molecule has 0 saturated carbocycles. The van der Waals surface area contributed by atoms with E-state index in [4.69, 9.17) is 16.3 Å². The number of benzene rings is 1. The largest absolute Gasteiger partial charge is 0.492 e. The Morgan fingerprint density at radius 3 is 2.89 bits per heavy atom. The van der Waals surface area contributed by atoms with Gasteiger partial charge in [0.25, 0.3) is 0 Å². The van der Waals surface area contributed by atoms with E-state index < -0.39 is 0 Å². The molecule has 2 rings (SSSR count). The Kier molecular flexibility index (Phi) is 5.55. The monoisotopic (exact) mass is 345 g/mol. The number of rotatable bonds is 4. The van der Waals surface area contributed by atoms with Gasteiger partial charge in [-0.1, -0.05) is 18.0 Å². The molecule has 1 fully saturated rings. The Hall–Kier alpha value is -0.250. The summed E-state index contributed by atoms with van der Waals surface area (Å²) in [6, 6.07) is 2.62. The molecule has 4 heteroatoms. The van der Waals surface area contributed by atoms with Crippen LogP contribution in [0.1, 0.15) is 36.8 Å². The quantitative estimate of drug-likeness (QED) is 0.858. The predicted molar refractivity (Wildman–Crippen MR) is 84.4 cm³/mol. The minimum atomic E-state index is 0.613. The Labute approximate surface area is 129 Å². The van der Waals surface area contributed by atoms with E-state index in [1.165, 1.54) is 19.3 Å². The lowest BCUT2D eigenvalue weighted by Gasteiger charge is -2.23. The third kappa shape index (κ3) is 3.87. The summed E-state index contributed by atoms with van der Waals surface area (Å²) in [5.41, 5.74) is 2.11. The van der Waals surface area contributed by atoms with Gasteiger partial charge in [0, 0.05) is 11.1 Å². The van der Waals surface area contributed by atoms with Crippen molar-refractivity contribution in [2.24, 2.45) is 0 Å². The molecule has 1 heterocycles. The van der Waals surface area contributed by atoms with Gasteiger partial charge in [-0.2, -0.15) is 0 Å².